The van der Waals surface area contributed by atoms with E-state index in [1.165, 1.54) is 16.0 Å². The predicted octanol–water partition coefficient (Wildman–Crippen LogP) is 4.20. The maximum absolute atomic E-state index is 13.0. The zero-order valence-electron chi connectivity index (χ0n) is 15.7. The van der Waals surface area contributed by atoms with Crippen molar-refractivity contribution < 1.29 is 9.59 Å². The number of nitrogens with zero attached hydrogens (tertiary/aromatic N) is 1. The highest BCUT2D eigenvalue weighted by molar-refractivity contribution is 7.80. The summed E-state index contributed by atoms with van der Waals surface area (Å²) in [4.78, 5) is 26.7. The number of hydrogen-bond acceptors (Lipinski definition) is 3. The van der Waals surface area contributed by atoms with Gasteiger partial charge in [-0.1, -0.05) is 57.2 Å². The summed E-state index contributed by atoms with van der Waals surface area (Å²) >= 11 is 5.23. The first-order valence-electron chi connectivity index (χ1n) is 9.01. The number of carbonyl (C=O) groups excluding carboxylic acids is 2. The molecule has 1 saturated heterocycles. The summed E-state index contributed by atoms with van der Waals surface area (Å²) in [6.45, 7) is 6.31. The Hall–Kier alpha value is -2.79. The van der Waals surface area contributed by atoms with E-state index in [0.29, 0.717) is 11.6 Å². The van der Waals surface area contributed by atoms with Crippen LogP contribution in [0.1, 0.15) is 43.4 Å². The maximum Gasteiger partial charge on any atom is 0.270 e. The summed E-state index contributed by atoms with van der Waals surface area (Å²) < 4.78 is 0. The normalized spacial score (nSPS) is 16.2. The fourth-order valence-corrected chi connectivity index (χ4v) is 3.20. The Morgan fingerprint density at radius 2 is 1.67 bits per heavy atom. The SMILES string of the molecule is CCc1ccc(N2C(=O)C(=Cc3ccc(C(C)C)cc3)C(=O)NC2=S)cc1. The second-order valence-corrected chi connectivity index (χ2v) is 7.19. The third-order valence-electron chi connectivity index (χ3n) is 4.62. The van der Waals surface area contributed by atoms with Crippen LogP contribution in [0.3, 0.4) is 0 Å². The monoisotopic (exact) mass is 378 g/mol. The molecule has 5 heteroatoms. The zero-order valence-corrected chi connectivity index (χ0v) is 16.5. The second-order valence-electron chi connectivity index (χ2n) is 6.80. The molecular formula is C22H22N2O2S. The van der Waals surface area contributed by atoms with Gasteiger partial charge in [-0.2, -0.15) is 0 Å². The molecule has 1 N–H and O–H groups in total. The van der Waals surface area contributed by atoms with Crippen LogP contribution in [0.15, 0.2) is 54.1 Å². The van der Waals surface area contributed by atoms with Crippen LogP contribution in [0.5, 0.6) is 0 Å². The van der Waals surface area contributed by atoms with E-state index in [2.05, 4.69) is 26.1 Å². The van der Waals surface area contributed by atoms with Crippen molar-refractivity contribution >= 4 is 40.9 Å². The van der Waals surface area contributed by atoms with Crippen LogP contribution in [-0.2, 0) is 16.0 Å². The summed E-state index contributed by atoms with van der Waals surface area (Å²) in [5.41, 5.74) is 3.88. The first-order chi connectivity index (χ1) is 12.9. The van der Waals surface area contributed by atoms with Gasteiger partial charge in [-0.3, -0.25) is 19.8 Å². The van der Waals surface area contributed by atoms with Crippen molar-refractivity contribution in [3.05, 3.63) is 70.8 Å². The maximum atomic E-state index is 13.0. The second kappa shape index (κ2) is 7.84. The average molecular weight is 378 g/mol. The molecule has 4 nitrogen and oxygen atoms in total. The van der Waals surface area contributed by atoms with Gasteiger partial charge in [-0.25, -0.2) is 0 Å². The van der Waals surface area contributed by atoms with Crippen LogP contribution >= 0.6 is 12.2 Å². The number of benzene rings is 2. The van der Waals surface area contributed by atoms with Gasteiger partial charge in [0.05, 0.1) is 5.69 Å². The Bertz CT molecular complexity index is 912. The Labute approximate surface area is 164 Å². The van der Waals surface area contributed by atoms with Gasteiger partial charge in [0.2, 0.25) is 0 Å². The third kappa shape index (κ3) is 3.98. The molecule has 0 spiro atoms. The average Bonchev–Trinajstić information content (AvgIpc) is 2.66. The molecule has 0 unspecified atom stereocenters. The van der Waals surface area contributed by atoms with Gasteiger partial charge in [0, 0.05) is 0 Å². The van der Waals surface area contributed by atoms with E-state index in [0.717, 1.165) is 12.0 Å². The van der Waals surface area contributed by atoms with Gasteiger partial charge >= 0.3 is 0 Å². The molecule has 0 atom stereocenters. The number of amides is 2. The minimum Gasteiger partial charge on any atom is -0.298 e. The lowest BCUT2D eigenvalue weighted by Crippen LogP contribution is -2.54. The van der Waals surface area contributed by atoms with Gasteiger partial charge in [0.25, 0.3) is 11.8 Å². The minimum absolute atomic E-state index is 0.0699. The summed E-state index contributed by atoms with van der Waals surface area (Å²) in [6, 6.07) is 15.4. The molecule has 0 radical (unpaired) electrons. The number of thiocarbonyl (C=S) groups is 1. The lowest BCUT2D eigenvalue weighted by molar-refractivity contribution is -0.122. The Morgan fingerprint density at radius 3 is 2.22 bits per heavy atom. The molecule has 0 aliphatic carbocycles. The van der Waals surface area contributed by atoms with E-state index in [1.807, 2.05) is 48.5 Å². The number of aryl methyl sites for hydroxylation is 1. The topological polar surface area (TPSA) is 49.4 Å². The molecule has 1 aliphatic rings. The Kier molecular flexibility index (Phi) is 5.51. The van der Waals surface area contributed by atoms with E-state index >= 15 is 0 Å². The molecule has 0 bridgehead atoms. The van der Waals surface area contributed by atoms with E-state index in [-0.39, 0.29) is 10.7 Å². The summed E-state index contributed by atoms with van der Waals surface area (Å²) in [7, 11) is 0. The van der Waals surface area contributed by atoms with Crippen molar-refractivity contribution in [1.29, 1.82) is 0 Å². The number of anilines is 1. The van der Waals surface area contributed by atoms with Crippen LogP contribution in [-0.4, -0.2) is 16.9 Å². The highest BCUT2D eigenvalue weighted by Gasteiger charge is 2.34. The van der Waals surface area contributed by atoms with Gasteiger partial charge in [-0.15, -0.1) is 0 Å². The largest absolute Gasteiger partial charge is 0.298 e. The Balaban J connectivity index is 1.93. The molecule has 2 amide bonds. The number of rotatable bonds is 4. The number of hydrogen-bond donors (Lipinski definition) is 1. The molecule has 2 aromatic rings. The molecule has 3 rings (SSSR count). The van der Waals surface area contributed by atoms with Crippen LogP contribution in [0.2, 0.25) is 0 Å². The molecule has 0 saturated carbocycles. The number of carbonyl (C=O) groups is 2. The zero-order chi connectivity index (χ0) is 19.6. The van der Waals surface area contributed by atoms with Crippen molar-refractivity contribution in [2.24, 2.45) is 0 Å². The van der Waals surface area contributed by atoms with Gasteiger partial charge < -0.3 is 0 Å². The lowest BCUT2D eigenvalue weighted by Gasteiger charge is -2.29. The summed E-state index contributed by atoms with van der Waals surface area (Å²) in [5, 5.41) is 2.71. The van der Waals surface area contributed by atoms with Crippen LogP contribution in [0.25, 0.3) is 6.08 Å². The van der Waals surface area contributed by atoms with Crippen LogP contribution in [0.4, 0.5) is 5.69 Å². The first kappa shape index (κ1) is 19.0. The lowest BCUT2D eigenvalue weighted by atomic mass is 10.0. The molecule has 138 valence electrons. The van der Waals surface area contributed by atoms with E-state index < -0.39 is 11.8 Å². The predicted molar refractivity (Wildman–Crippen MR) is 113 cm³/mol. The fourth-order valence-electron chi connectivity index (χ4n) is 2.92. The third-order valence-corrected chi connectivity index (χ3v) is 4.90. The smallest absolute Gasteiger partial charge is 0.270 e. The van der Waals surface area contributed by atoms with E-state index in [9.17, 15) is 9.59 Å². The van der Waals surface area contributed by atoms with Crippen molar-refractivity contribution in [2.45, 2.75) is 33.1 Å². The molecule has 1 heterocycles. The number of nitrogens with one attached hydrogen (secondary N) is 1. The summed E-state index contributed by atoms with van der Waals surface area (Å²) in [6.07, 6.45) is 2.52. The van der Waals surface area contributed by atoms with Crippen molar-refractivity contribution in [1.82, 2.24) is 5.32 Å². The van der Waals surface area contributed by atoms with Gasteiger partial charge in [0.15, 0.2) is 5.11 Å². The minimum atomic E-state index is -0.473. The van der Waals surface area contributed by atoms with Crippen molar-refractivity contribution in [3.63, 3.8) is 0 Å². The Morgan fingerprint density at radius 1 is 1.04 bits per heavy atom. The quantitative estimate of drug-likeness (QED) is 0.493. The van der Waals surface area contributed by atoms with Crippen molar-refractivity contribution in [3.8, 4) is 0 Å². The molecule has 27 heavy (non-hydrogen) atoms. The van der Waals surface area contributed by atoms with Crippen molar-refractivity contribution in [2.75, 3.05) is 4.90 Å². The van der Waals surface area contributed by atoms with Gasteiger partial charge in [0.1, 0.15) is 5.57 Å². The molecule has 2 aromatic carbocycles. The highest BCUT2D eigenvalue weighted by atomic mass is 32.1. The van der Waals surface area contributed by atoms with E-state index in [1.54, 1.807) is 6.08 Å². The first-order valence-corrected chi connectivity index (χ1v) is 9.42. The van der Waals surface area contributed by atoms with Crippen LogP contribution < -0.4 is 10.2 Å². The van der Waals surface area contributed by atoms with Crippen LogP contribution in [0, 0.1) is 0 Å². The molecule has 1 aliphatic heterocycles. The molecule has 1 fully saturated rings. The van der Waals surface area contributed by atoms with Gasteiger partial charge in [-0.05, 0) is 59.5 Å². The highest BCUT2D eigenvalue weighted by Crippen LogP contribution is 2.23. The standard InChI is InChI=1S/C22H22N2O2S/c1-4-15-7-11-18(12-8-15)24-21(26)19(20(25)23-22(24)27)13-16-5-9-17(10-6-16)14(2)3/h5-14H,4H2,1-3H3,(H,23,25,27). The fraction of sp³-hybridized carbons (Fsp3) is 0.227. The molecular weight excluding hydrogens is 356 g/mol. The van der Waals surface area contributed by atoms with E-state index in [4.69, 9.17) is 12.2 Å². The summed E-state index contributed by atoms with van der Waals surface area (Å²) in [5.74, 6) is -0.467. The molecule has 0 aromatic heterocycles.